The Bertz CT molecular complexity index is 2070. The van der Waals surface area contributed by atoms with E-state index in [1.807, 2.05) is 99.6 Å². The van der Waals surface area contributed by atoms with E-state index in [0.717, 1.165) is 28.5 Å². The van der Waals surface area contributed by atoms with E-state index in [1.54, 1.807) is 14.2 Å². The first-order chi connectivity index (χ1) is 26.8. The van der Waals surface area contributed by atoms with Gasteiger partial charge in [0.1, 0.15) is 41.2 Å². The third-order valence-electron chi connectivity index (χ3n) is 10.3. The molecular weight excluding hydrogens is 758 g/mol. The lowest BCUT2D eigenvalue weighted by molar-refractivity contribution is -0.118. The highest BCUT2D eigenvalue weighted by atomic mass is 32.2. The molecule has 0 radical (unpaired) electrons. The van der Waals surface area contributed by atoms with Crippen LogP contribution in [0.2, 0.25) is 0 Å². The molecule has 1 saturated heterocycles. The fraction of sp³-hybridized carbons (Fsp3) is 0.400. The Morgan fingerprint density at radius 1 is 0.946 bits per heavy atom. The van der Waals surface area contributed by atoms with Crippen LogP contribution in [0.3, 0.4) is 0 Å². The summed E-state index contributed by atoms with van der Waals surface area (Å²) >= 11 is 1.12. The number of thioether (sulfide) groups is 1. The predicted molar refractivity (Wildman–Crippen MR) is 214 cm³/mol. The molecular formula is C40H48N5O9PS. The molecule has 0 spiro atoms. The number of aromatic nitrogens is 4. The van der Waals surface area contributed by atoms with E-state index in [2.05, 4.69) is 20.3 Å². The maximum Gasteiger partial charge on any atom is 0.319 e. The molecule has 2 unspecified atom stereocenters. The molecule has 56 heavy (non-hydrogen) atoms. The summed E-state index contributed by atoms with van der Waals surface area (Å²) in [7, 11) is 0.248. The molecule has 0 saturated carbocycles. The van der Waals surface area contributed by atoms with Crippen LogP contribution in [0.4, 0.5) is 5.82 Å². The standard InChI is InChI=1S/C40H48N5O9PS/c1-7-38(2,3)37(47)56-22-21-52-55(49)53-23-31-33(46)39(4,48)36(54-31)45-25-43-32-34(41-24-42-35(32)45)44-40(26-11-9-8-10-12-26,27-13-17-29(50-5)18-14-27)28-15-19-30(51-6)20-16-28/h8-20,24-25,31,33,36,46,48,55H,7,21-23H2,1-6H3,(H,41,42,44)/t31-,33+,36-,39?/m1/s1. The highest BCUT2D eigenvalue weighted by Crippen LogP contribution is 2.44. The number of methoxy groups -OCH3 is 2. The number of nitrogens with zero attached hydrogens (tertiary/aromatic N) is 4. The molecule has 0 bridgehead atoms. The van der Waals surface area contributed by atoms with Gasteiger partial charge in [0.15, 0.2) is 28.3 Å². The molecule has 298 valence electrons. The second-order valence-electron chi connectivity index (χ2n) is 14.2. The molecule has 1 aliphatic rings. The number of fused-ring (bicyclic) bond motifs is 1. The Morgan fingerprint density at radius 2 is 1.55 bits per heavy atom. The van der Waals surface area contributed by atoms with Gasteiger partial charge in [-0.05, 0) is 54.3 Å². The summed E-state index contributed by atoms with van der Waals surface area (Å²) in [5.41, 5.74) is 0.0598. The van der Waals surface area contributed by atoms with Crippen molar-refractivity contribution in [2.75, 3.05) is 38.5 Å². The minimum atomic E-state index is -2.99. The molecule has 3 aromatic carbocycles. The van der Waals surface area contributed by atoms with Crippen LogP contribution in [0.15, 0.2) is 91.5 Å². The number of carbonyl (C=O) groups excluding carboxylic acids is 1. The molecule has 6 rings (SSSR count). The van der Waals surface area contributed by atoms with Crippen LogP contribution in [0, 0.1) is 5.41 Å². The summed E-state index contributed by atoms with van der Waals surface area (Å²) in [5, 5.41) is 26.5. The molecule has 16 heteroatoms. The number of hydrogen-bond donors (Lipinski definition) is 3. The summed E-state index contributed by atoms with van der Waals surface area (Å²) in [6.07, 6.45) is -0.0952. The van der Waals surface area contributed by atoms with Gasteiger partial charge in [-0.15, -0.1) is 0 Å². The van der Waals surface area contributed by atoms with E-state index >= 15 is 0 Å². The number of ether oxygens (including phenoxy) is 3. The molecule has 3 N–H and O–H groups in total. The zero-order valence-electron chi connectivity index (χ0n) is 32.2. The number of benzene rings is 3. The van der Waals surface area contributed by atoms with Gasteiger partial charge >= 0.3 is 8.25 Å². The smallest absolute Gasteiger partial charge is 0.319 e. The SMILES string of the molecule is CCC(C)(C)C(=O)SCCO[PH](=O)OC[C@H]1O[C@@H](n2cnc3c(NC(c4ccccc4)(c4ccc(OC)cc4)c4ccc(OC)cc4)ncnc32)C(C)(O)[C@H]1O. The van der Waals surface area contributed by atoms with Crippen molar-refractivity contribution in [2.24, 2.45) is 5.41 Å². The largest absolute Gasteiger partial charge is 0.497 e. The zero-order chi connectivity index (χ0) is 40.1. The van der Waals surface area contributed by atoms with Crippen LogP contribution < -0.4 is 14.8 Å². The number of imidazole rings is 1. The lowest BCUT2D eigenvalue weighted by atomic mass is 9.77. The van der Waals surface area contributed by atoms with Gasteiger partial charge in [0.2, 0.25) is 0 Å². The van der Waals surface area contributed by atoms with E-state index in [0.29, 0.717) is 40.7 Å². The molecule has 5 aromatic rings. The van der Waals surface area contributed by atoms with Crippen molar-refractivity contribution in [1.82, 2.24) is 19.5 Å². The molecule has 2 aromatic heterocycles. The average molecular weight is 806 g/mol. The summed E-state index contributed by atoms with van der Waals surface area (Å²) in [6.45, 7) is 6.87. The Balaban J connectivity index is 1.27. The van der Waals surface area contributed by atoms with Crippen LogP contribution in [-0.2, 0) is 28.7 Å². The number of nitrogens with one attached hydrogen (secondary N) is 1. The molecule has 1 fully saturated rings. The third-order valence-corrected chi connectivity index (χ3v) is 12.3. The maximum atomic E-state index is 12.6. The average Bonchev–Trinajstić information content (AvgIpc) is 3.75. The van der Waals surface area contributed by atoms with Crippen LogP contribution >= 0.6 is 20.0 Å². The molecule has 0 amide bonds. The quantitative estimate of drug-likeness (QED) is 0.0536. The van der Waals surface area contributed by atoms with Crippen molar-refractivity contribution in [2.45, 2.75) is 63.7 Å². The van der Waals surface area contributed by atoms with E-state index < -0.39 is 43.2 Å². The summed E-state index contributed by atoms with van der Waals surface area (Å²) < 4.78 is 42.0. The normalized spacial score (nSPS) is 20.5. The van der Waals surface area contributed by atoms with Crippen molar-refractivity contribution in [1.29, 1.82) is 0 Å². The van der Waals surface area contributed by atoms with Crippen LogP contribution in [0.25, 0.3) is 11.2 Å². The van der Waals surface area contributed by atoms with Crippen molar-refractivity contribution in [3.63, 3.8) is 0 Å². The molecule has 3 heterocycles. The molecule has 5 atom stereocenters. The number of aliphatic hydroxyl groups excluding tert-OH is 1. The van der Waals surface area contributed by atoms with Gasteiger partial charge < -0.3 is 38.8 Å². The summed E-state index contributed by atoms with van der Waals surface area (Å²) in [6, 6.07) is 25.5. The van der Waals surface area contributed by atoms with E-state index in [-0.39, 0.29) is 18.3 Å². The Morgan fingerprint density at radius 3 is 2.14 bits per heavy atom. The second-order valence-corrected chi connectivity index (χ2v) is 16.4. The zero-order valence-corrected chi connectivity index (χ0v) is 34.0. The minimum absolute atomic E-state index is 0.0325. The first-order valence-electron chi connectivity index (χ1n) is 18.2. The van der Waals surface area contributed by atoms with E-state index in [1.165, 1.54) is 24.1 Å². The van der Waals surface area contributed by atoms with E-state index in [9.17, 15) is 19.6 Å². The summed E-state index contributed by atoms with van der Waals surface area (Å²) in [5.74, 6) is 2.10. The number of rotatable bonds is 17. The molecule has 0 aliphatic carbocycles. The lowest BCUT2D eigenvalue weighted by Gasteiger charge is -2.37. The van der Waals surface area contributed by atoms with Gasteiger partial charge in [-0.25, -0.2) is 15.0 Å². The summed E-state index contributed by atoms with van der Waals surface area (Å²) in [4.78, 5) is 26.2. The fourth-order valence-electron chi connectivity index (χ4n) is 6.55. The molecule has 1 aliphatic heterocycles. The highest BCUT2D eigenvalue weighted by molar-refractivity contribution is 8.13. The van der Waals surface area contributed by atoms with Gasteiger partial charge in [0, 0.05) is 11.2 Å². The van der Waals surface area contributed by atoms with Crippen LogP contribution in [0.5, 0.6) is 11.5 Å². The minimum Gasteiger partial charge on any atom is -0.497 e. The highest BCUT2D eigenvalue weighted by Gasteiger charge is 2.54. The van der Waals surface area contributed by atoms with Gasteiger partial charge in [0.25, 0.3) is 0 Å². The van der Waals surface area contributed by atoms with Crippen molar-refractivity contribution >= 4 is 42.1 Å². The molecule has 14 nitrogen and oxygen atoms in total. The monoisotopic (exact) mass is 805 g/mol. The Labute approximate surface area is 330 Å². The topological polar surface area (TPSA) is 176 Å². The fourth-order valence-corrected chi connectivity index (χ4v) is 8.24. The number of anilines is 1. The van der Waals surface area contributed by atoms with Crippen LogP contribution in [0.1, 0.15) is 57.0 Å². The Hall–Kier alpha value is -4.34. The van der Waals surface area contributed by atoms with Crippen LogP contribution in [-0.4, -0.2) is 85.8 Å². The van der Waals surface area contributed by atoms with E-state index in [4.69, 9.17) is 23.3 Å². The maximum absolute atomic E-state index is 12.6. The third kappa shape index (κ3) is 8.35. The first-order valence-corrected chi connectivity index (χ1v) is 20.4. The van der Waals surface area contributed by atoms with Crippen molar-refractivity contribution in [3.05, 3.63) is 108 Å². The number of aliphatic hydroxyl groups is 2. The van der Waals surface area contributed by atoms with Gasteiger partial charge in [0.05, 0.1) is 33.8 Å². The van der Waals surface area contributed by atoms with Crippen molar-refractivity contribution in [3.8, 4) is 11.5 Å². The van der Waals surface area contributed by atoms with Gasteiger partial charge in [-0.1, -0.05) is 87.1 Å². The number of carbonyl (C=O) groups is 1. The van der Waals surface area contributed by atoms with Gasteiger partial charge in [-0.3, -0.25) is 13.9 Å². The Kier molecular flexibility index (Phi) is 12.9. The number of hydrogen-bond acceptors (Lipinski definition) is 14. The predicted octanol–water partition coefficient (Wildman–Crippen LogP) is 6.38. The lowest BCUT2D eigenvalue weighted by Crippen LogP contribution is -2.44. The van der Waals surface area contributed by atoms with Gasteiger partial charge in [-0.2, -0.15) is 0 Å². The van der Waals surface area contributed by atoms with Crippen molar-refractivity contribution < 1.29 is 42.8 Å². The second kappa shape index (κ2) is 17.4. The first kappa shape index (κ1) is 41.3.